The van der Waals surface area contributed by atoms with Gasteiger partial charge in [0.05, 0.1) is 0 Å². The fraction of sp³-hybridized carbons (Fsp3) is 0. The highest BCUT2D eigenvalue weighted by molar-refractivity contribution is 6.30. The van der Waals surface area contributed by atoms with Gasteiger partial charge in [0.15, 0.2) is 0 Å². The lowest BCUT2D eigenvalue weighted by molar-refractivity contribution is 0.631. The summed E-state index contributed by atoms with van der Waals surface area (Å²) in [4.78, 5) is 3.83. The van der Waals surface area contributed by atoms with Crippen LogP contribution in [0.15, 0.2) is 36.5 Å². The van der Waals surface area contributed by atoms with Crippen LogP contribution in [0.3, 0.4) is 0 Å². The standard InChI is InChI=1S/C11H6Cl2FN/c12-8-1-2-9(10(14)6-8)7-3-4-15-11(13)5-7/h1-6H. The van der Waals surface area contributed by atoms with E-state index in [0.29, 0.717) is 21.3 Å². The molecule has 1 aromatic carbocycles. The molecule has 1 aromatic heterocycles. The topological polar surface area (TPSA) is 12.9 Å². The lowest BCUT2D eigenvalue weighted by atomic mass is 10.1. The van der Waals surface area contributed by atoms with Crippen molar-refractivity contribution in [1.29, 1.82) is 0 Å². The van der Waals surface area contributed by atoms with Crippen LogP contribution in [0.25, 0.3) is 11.1 Å². The van der Waals surface area contributed by atoms with Crippen LogP contribution in [0.2, 0.25) is 10.2 Å². The van der Waals surface area contributed by atoms with Gasteiger partial charge in [0.1, 0.15) is 11.0 Å². The summed E-state index contributed by atoms with van der Waals surface area (Å²) in [5, 5.41) is 0.707. The normalized spacial score (nSPS) is 10.3. The zero-order chi connectivity index (χ0) is 10.8. The van der Waals surface area contributed by atoms with Gasteiger partial charge in [0, 0.05) is 16.8 Å². The predicted octanol–water partition coefficient (Wildman–Crippen LogP) is 4.19. The van der Waals surface area contributed by atoms with Crippen molar-refractivity contribution in [3.05, 3.63) is 52.5 Å². The van der Waals surface area contributed by atoms with Crippen LogP contribution in [0.4, 0.5) is 4.39 Å². The summed E-state index contributed by atoms with van der Waals surface area (Å²) < 4.78 is 13.5. The summed E-state index contributed by atoms with van der Waals surface area (Å²) in [6.07, 6.45) is 1.53. The van der Waals surface area contributed by atoms with Crippen LogP contribution in [0.1, 0.15) is 0 Å². The monoisotopic (exact) mass is 241 g/mol. The van der Waals surface area contributed by atoms with Crippen LogP contribution in [0, 0.1) is 5.82 Å². The Morgan fingerprint density at radius 3 is 2.53 bits per heavy atom. The van der Waals surface area contributed by atoms with E-state index in [-0.39, 0.29) is 5.82 Å². The quantitative estimate of drug-likeness (QED) is 0.683. The van der Waals surface area contributed by atoms with Gasteiger partial charge < -0.3 is 0 Å². The molecule has 0 atom stereocenters. The first-order valence-electron chi connectivity index (χ1n) is 4.24. The van der Waals surface area contributed by atoms with E-state index in [1.165, 1.54) is 12.3 Å². The van der Waals surface area contributed by atoms with Gasteiger partial charge in [-0.3, -0.25) is 0 Å². The maximum absolute atomic E-state index is 13.5. The number of nitrogens with zero attached hydrogens (tertiary/aromatic N) is 1. The molecule has 15 heavy (non-hydrogen) atoms. The number of pyridine rings is 1. The molecule has 1 nitrogen and oxygen atoms in total. The van der Waals surface area contributed by atoms with Crippen molar-refractivity contribution in [3.63, 3.8) is 0 Å². The third-order valence-corrected chi connectivity index (χ3v) is 2.41. The Kier molecular flexibility index (Phi) is 2.89. The van der Waals surface area contributed by atoms with Gasteiger partial charge in [-0.1, -0.05) is 23.2 Å². The van der Waals surface area contributed by atoms with Crippen LogP contribution < -0.4 is 0 Å². The van der Waals surface area contributed by atoms with Gasteiger partial charge in [0.25, 0.3) is 0 Å². The summed E-state index contributed by atoms with van der Waals surface area (Å²) >= 11 is 11.4. The van der Waals surface area contributed by atoms with Crippen LogP contribution in [-0.4, -0.2) is 4.98 Å². The molecule has 0 radical (unpaired) electrons. The van der Waals surface area contributed by atoms with Crippen molar-refractivity contribution in [1.82, 2.24) is 4.98 Å². The first-order valence-corrected chi connectivity index (χ1v) is 4.99. The largest absolute Gasteiger partial charge is 0.245 e. The van der Waals surface area contributed by atoms with Gasteiger partial charge in [-0.15, -0.1) is 0 Å². The molecule has 0 aliphatic carbocycles. The van der Waals surface area contributed by atoms with Crippen LogP contribution in [-0.2, 0) is 0 Å². The first kappa shape index (κ1) is 10.4. The maximum atomic E-state index is 13.5. The molecule has 0 fully saturated rings. The molecule has 2 rings (SSSR count). The molecule has 0 bridgehead atoms. The maximum Gasteiger partial charge on any atom is 0.132 e. The molecule has 0 unspecified atom stereocenters. The number of halogens is 3. The smallest absolute Gasteiger partial charge is 0.132 e. The second-order valence-electron chi connectivity index (χ2n) is 2.99. The second kappa shape index (κ2) is 4.17. The fourth-order valence-electron chi connectivity index (χ4n) is 1.29. The van der Waals surface area contributed by atoms with Crippen molar-refractivity contribution in [3.8, 4) is 11.1 Å². The van der Waals surface area contributed by atoms with Gasteiger partial charge >= 0.3 is 0 Å². The summed E-state index contributed by atoms with van der Waals surface area (Å²) in [7, 11) is 0. The zero-order valence-corrected chi connectivity index (χ0v) is 9.06. The van der Waals surface area contributed by atoms with E-state index in [1.807, 2.05) is 0 Å². The molecular weight excluding hydrogens is 236 g/mol. The lowest BCUT2D eigenvalue weighted by Gasteiger charge is -2.03. The Morgan fingerprint density at radius 1 is 1.07 bits per heavy atom. The Balaban J connectivity index is 2.54. The molecule has 0 saturated heterocycles. The van der Waals surface area contributed by atoms with E-state index in [9.17, 15) is 4.39 Å². The van der Waals surface area contributed by atoms with Crippen molar-refractivity contribution < 1.29 is 4.39 Å². The van der Waals surface area contributed by atoms with Crippen molar-refractivity contribution in [2.45, 2.75) is 0 Å². The molecule has 0 N–H and O–H groups in total. The van der Waals surface area contributed by atoms with Crippen molar-refractivity contribution in [2.75, 3.05) is 0 Å². The predicted molar refractivity (Wildman–Crippen MR) is 59.7 cm³/mol. The van der Waals surface area contributed by atoms with E-state index >= 15 is 0 Å². The Bertz CT molecular complexity index is 500. The zero-order valence-electron chi connectivity index (χ0n) is 7.55. The minimum atomic E-state index is -0.371. The summed E-state index contributed by atoms with van der Waals surface area (Å²) in [6.45, 7) is 0. The fourth-order valence-corrected chi connectivity index (χ4v) is 1.63. The van der Waals surface area contributed by atoms with Crippen molar-refractivity contribution >= 4 is 23.2 Å². The number of hydrogen-bond donors (Lipinski definition) is 0. The van der Waals surface area contributed by atoms with Gasteiger partial charge in [0.2, 0.25) is 0 Å². The molecule has 4 heteroatoms. The Hall–Kier alpha value is -1.12. The molecule has 76 valence electrons. The molecule has 1 heterocycles. The average molecular weight is 242 g/mol. The van der Waals surface area contributed by atoms with E-state index in [2.05, 4.69) is 4.98 Å². The van der Waals surface area contributed by atoms with Gasteiger partial charge in [-0.05, 0) is 35.9 Å². The van der Waals surface area contributed by atoms with E-state index in [1.54, 1.807) is 24.3 Å². The molecule has 0 aliphatic rings. The SMILES string of the molecule is Fc1cc(Cl)ccc1-c1ccnc(Cl)c1. The van der Waals surface area contributed by atoms with Gasteiger partial charge in [-0.25, -0.2) is 9.37 Å². The summed E-state index contributed by atoms with van der Waals surface area (Å²) in [5.74, 6) is -0.371. The molecule has 0 aliphatic heterocycles. The Labute approximate surface area is 96.5 Å². The average Bonchev–Trinajstić information content (AvgIpc) is 2.17. The summed E-state index contributed by atoms with van der Waals surface area (Å²) in [5.41, 5.74) is 1.15. The van der Waals surface area contributed by atoms with Crippen LogP contribution in [0.5, 0.6) is 0 Å². The highest BCUT2D eigenvalue weighted by Crippen LogP contribution is 2.26. The lowest BCUT2D eigenvalue weighted by Crippen LogP contribution is -1.85. The Morgan fingerprint density at radius 2 is 1.87 bits per heavy atom. The highest BCUT2D eigenvalue weighted by atomic mass is 35.5. The second-order valence-corrected chi connectivity index (χ2v) is 3.82. The minimum Gasteiger partial charge on any atom is -0.245 e. The van der Waals surface area contributed by atoms with E-state index in [4.69, 9.17) is 23.2 Å². The number of benzene rings is 1. The number of rotatable bonds is 1. The van der Waals surface area contributed by atoms with Gasteiger partial charge in [-0.2, -0.15) is 0 Å². The first-order chi connectivity index (χ1) is 7.16. The third kappa shape index (κ3) is 2.28. The molecule has 2 aromatic rings. The molecular formula is C11H6Cl2FN. The third-order valence-electron chi connectivity index (χ3n) is 1.97. The highest BCUT2D eigenvalue weighted by Gasteiger charge is 2.05. The number of aromatic nitrogens is 1. The minimum absolute atomic E-state index is 0.335. The molecule has 0 spiro atoms. The van der Waals surface area contributed by atoms with E-state index in [0.717, 1.165) is 0 Å². The molecule has 0 amide bonds. The van der Waals surface area contributed by atoms with Crippen LogP contribution >= 0.6 is 23.2 Å². The van der Waals surface area contributed by atoms with E-state index < -0.39 is 0 Å². The number of hydrogen-bond acceptors (Lipinski definition) is 1. The summed E-state index contributed by atoms with van der Waals surface area (Å²) in [6, 6.07) is 7.81. The van der Waals surface area contributed by atoms with Crippen molar-refractivity contribution in [2.24, 2.45) is 0 Å². The molecule has 0 saturated carbocycles.